The maximum Gasteiger partial charge on any atom is 0.276 e. The molecule has 1 aromatic carbocycles. The van der Waals surface area contributed by atoms with Gasteiger partial charge >= 0.3 is 0 Å². The molecule has 0 unspecified atom stereocenters. The van der Waals surface area contributed by atoms with Crippen molar-refractivity contribution in [3.8, 4) is 0 Å². The number of rotatable bonds is 5. The molecule has 2 atom stereocenters. The number of ether oxygens (including phenoxy) is 1. The summed E-state index contributed by atoms with van der Waals surface area (Å²) in [6.07, 6.45) is 5.66. The van der Waals surface area contributed by atoms with Gasteiger partial charge in [-0.15, -0.1) is 0 Å². The first-order valence-corrected chi connectivity index (χ1v) is 10.5. The van der Waals surface area contributed by atoms with Gasteiger partial charge in [-0.25, -0.2) is 14.8 Å². The van der Waals surface area contributed by atoms with Gasteiger partial charge in [-0.2, -0.15) is 13.5 Å². The highest BCUT2D eigenvalue weighted by atomic mass is 35.5. The summed E-state index contributed by atoms with van der Waals surface area (Å²) in [6, 6.07) is 8.40. The Labute approximate surface area is 167 Å². The topological polar surface area (TPSA) is 98.5 Å². The van der Waals surface area contributed by atoms with Crippen LogP contribution in [0.4, 0.5) is 0 Å². The first kappa shape index (κ1) is 18.9. The maximum atomic E-state index is 12.3. The van der Waals surface area contributed by atoms with Crippen molar-refractivity contribution in [1.29, 1.82) is 0 Å². The molecule has 4 rings (SSSR count). The number of halogens is 1. The van der Waals surface area contributed by atoms with E-state index in [1.165, 1.54) is 12.5 Å². The Morgan fingerprint density at radius 3 is 2.82 bits per heavy atom. The van der Waals surface area contributed by atoms with E-state index in [4.69, 9.17) is 16.3 Å². The number of fused-ring (bicyclic) bond motifs is 1. The quantitative estimate of drug-likeness (QED) is 0.389. The molecule has 1 aliphatic heterocycles. The molecule has 1 aliphatic rings. The second-order valence-corrected chi connectivity index (χ2v) is 8.54. The lowest BCUT2D eigenvalue weighted by Gasteiger charge is -2.14. The number of nitrogens with zero attached hydrogens (tertiary/aromatic N) is 4. The maximum absolute atomic E-state index is 12.3. The molecule has 28 heavy (non-hydrogen) atoms. The highest BCUT2D eigenvalue weighted by molar-refractivity contribution is 7.89. The van der Waals surface area contributed by atoms with Crippen molar-refractivity contribution in [2.45, 2.75) is 37.0 Å². The highest BCUT2D eigenvalue weighted by Crippen LogP contribution is 2.31. The molecule has 0 amide bonds. The number of benzene rings is 1. The normalized spacial score (nSPS) is 20.2. The number of nitrogens with one attached hydrogen (secondary N) is 1. The summed E-state index contributed by atoms with van der Waals surface area (Å²) in [5.41, 5.74) is 1.68. The molecule has 0 aliphatic carbocycles. The summed E-state index contributed by atoms with van der Waals surface area (Å²) in [6.45, 7) is 1.89. The van der Waals surface area contributed by atoms with E-state index < -0.39 is 10.0 Å². The summed E-state index contributed by atoms with van der Waals surface area (Å²) in [7, 11) is -3.70. The van der Waals surface area contributed by atoms with Crippen LogP contribution in [0.2, 0.25) is 5.15 Å². The van der Waals surface area contributed by atoms with Crippen LogP contribution < -0.4 is 4.83 Å². The average molecular weight is 420 g/mol. The van der Waals surface area contributed by atoms with E-state index in [2.05, 4.69) is 19.9 Å². The summed E-state index contributed by atoms with van der Waals surface area (Å²) >= 11 is 6.08. The molecular formula is C18H18ClN5O3S. The zero-order valence-electron chi connectivity index (χ0n) is 15.0. The molecule has 3 aromatic rings. The Morgan fingerprint density at radius 1 is 1.25 bits per heavy atom. The standard InChI is InChI=1S/C18H18ClN5O3S/c1-12-2-5-14(6-3-12)28(25,26)23-22-10-13-4-7-16(27-13)24-9-8-15-17(19)20-11-21-18(15)24/h2-3,5-6,8-11,13,16,23H,4,7H2,1H3/b22-10+/t13-,16+/m0/s1. The summed E-state index contributed by atoms with van der Waals surface area (Å²) in [5.74, 6) is 0. The zero-order chi connectivity index (χ0) is 19.7. The second kappa shape index (κ2) is 7.50. The van der Waals surface area contributed by atoms with Crippen LogP contribution in [-0.4, -0.2) is 35.3 Å². The van der Waals surface area contributed by atoms with Gasteiger partial charge in [0.1, 0.15) is 23.4 Å². The van der Waals surface area contributed by atoms with Crippen LogP contribution in [-0.2, 0) is 14.8 Å². The minimum atomic E-state index is -3.70. The van der Waals surface area contributed by atoms with E-state index in [9.17, 15) is 8.42 Å². The van der Waals surface area contributed by atoms with Gasteiger partial charge in [-0.05, 0) is 38.0 Å². The molecule has 10 heteroatoms. The Hall–Kier alpha value is -2.49. The van der Waals surface area contributed by atoms with Crippen molar-refractivity contribution in [3.05, 3.63) is 53.6 Å². The van der Waals surface area contributed by atoms with Crippen LogP contribution in [0.15, 0.2) is 52.9 Å². The molecule has 0 bridgehead atoms. The van der Waals surface area contributed by atoms with Crippen LogP contribution >= 0.6 is 11.6 Å². The number of aromatic nitrogens is 3. The fourth-order valence-electron chi connectivity index (χ4n) is 3.08. The van der Waals surface area contributed by atoms with Gasteiger partial charge < -0.3 is 9.30 Å². The van der Waals surface area contributed by atoms with Crippen LogP contribution in [0, 0.1) is 6.92 Å². The fraction of sp³-hybridized carbons (Fsp3) is 0.278. The summed E-state index contributed by atoms with van der Waals surface area (Å²) in [4.78, 5) is 10.6. The van der Waals surface area contributed by atoms with E-state index in [1.54, 1.807) is 24.3 Å². The minimum Gasteiger partial charge on any atom is -0.349 e. The average Bonchev–Trinajstić information content (AvgIpc) is 3.29. The number of sulfonamides is 1. The summed E-state index contributed by atoms with van der Waals surface area (Å²) in [5, 5.41) is 5.03. The Morgan fingerprint density at radius 2 is 2.04 bits per heavy atom. The SMILES string of the molecule is Cc1ccc(S(=O)(=O)N/N=C/[C@@H]2CC[C@H](n3ccc4c(Cl)ncnc43)O2)cc1. The predicted molar refractivity (Wildman–Crippen MR) is 106 cm³/mol. The van der Waals surface area contributed by atoms with Crippen LogP contribution in [0.5, 0.6) is 0 Å². The molecule has 8 nitrogen and oxygen atoms in total. The highest BCUT2D eigenvalue weighted by Gasteiger charge is 2.27. The van der Waals surface area contributed by atoms with Gasteiger partial charge in [0.15, 0.2) is 0 Å². The zero-order valence-corrected chi connectivity index (χ0v) is 16.6. The molecule has 0 saturated carbocycles. The van der Waals surface area contributed by atoms with Crippen molar-refractivity contribution in [3.63, 3.8) is 0 Å². The number of hydrazone groups is 1. The van der Waals surface area contributed by atoms with Gasteiger partial charge in [-0.1, -0.05) is 29.3 Å². The fourth-order valence-corrected chi connectivity index (χ4v) is 4.08. The molecule has 2 aromatic heterocycles. The third kappa shape index (κ3) is 3.73. The van der Waals surface area contributed by atoms with Crippen molar-refractivity contribution in [2.75, 3.05) is 0 Å². The van der Waals surface area contributed by atoms with E-state index in [1.807, 2.05) is 23.8 Å². The lowest BCUT2D eigenvalue weighted by molar-refractivity contribution is 0.0364. The van der Waals surface area contributed by atoms with E-state index in [-0.39, 0.29) is 17.2 Å². The molecule has 3 heterocycles. The lowest BCUT2D eigenvalue weighted by Crippen LogP contribution is -2.20. The van der Waals surface area contributed by atoms with Crippen molar-refractivity contribution in [1.82, 2.24) is 19.4 Å². The molecule has 1 N–H and O–H groups in total. The van der Waals surface area contributed by atoms with Gasteiger partial charge in [0.05, 0.1) is 22.6 Å². The van der Waals surface area contributed by atoms with Crippen molar-refractivity contribution < 1.29 is 13.2 Å². The third-order valence-corrected chi connectivity index (χ3v) is 6.09. The lowest BCUT2D eigenvalue weighted by atomic mass is 10.2. The van der Waals surface area contributed by atoms with Crippen molar-refractivity contribution >= 4 is 38.9 Å². The smallest absolute Gasteiger partial charge is 0.276 e. The van der Waals surface area contributed by atoms with Gasteiger partial charge in [0.25, 0.3) is 10.0 Å². The van der Waals surface area contributed by atoms with Gasteiger partial charge in [0.2, 0.25) is 0 Å². The van der Waals surface area contributed by atoms with E-state index >= 15 is 0 Å². The molecule has 0 spiro atoms. The number of hydrogen-bond acceptors (Lipinski definition) is 6. The third-order valence-electron chi connectivity index (χ3n) is 4.55. The van der Waals surface area contributed by atoms with Crippen LogP contribution in [0.25, 0.3) is 11.0 Å². The number of aryl methyl sites for hydroxylation is 1. The first-order valence-electron chi connectivity index (χ1n) is 8.68. The molecule has 0 radical (unpaired) electrons. The Balaban J connectivity index is 1.42. The second-order valence-electron chi connectivity index (χ2n) is 6.52. The predicted octanol–water partition coefficient (Wildman–Crippen LogP) is 3.04. The van der Waals surface area contributed by atoms with E-state index in [0.29, 0.717) is 17.2 Å². The van der Waals surface area contributed by atoms with Crippen molar-refractivity contribution in [2.24, 2.45) is 5.10 Å². The van der Waals surface area contributed by atoms with Gasteiger partial charge in [-0.3, -0.25) is 0 Å². The first-order chi connectivity index (χ1) is 13.4. The largest absolute Gasteiger partial charge is 0.349 e. The number of hydrogen-bond donors (Lipinski definition) is 1. The monoisotopic (exact) mass is 419 g/mol. The van der Waals surface area contributed by atoms with Crippen LogP contribution in [0.1, 0.15) is 24.6 Å². The van der Waals surface area contributed by atoms with Gasteiger partial charge in [0, 0.05) is 6.20 Å². The molecular weight excluding hydrogens is 402 g/mol. The minimum absolute atomic E-state index is 0.163. The molecule has 146 valence electrons. The van der Waals surface area contributed by atoms with Crippen LogP contribution in [0.3, 0.4) is 0 Å². The van der Waals surface area contributed by atoms with E-state index in [0.717, 1.165) is 17.4 Å². The molecule has 1 saturated heterocycles. The molecule has 1 fully saturated rings. The Kier molecular flexibility index (Phi) is 5.05. The summed E-state index contributed by atoms with van der Waals surface area (Å²) < 4.78 is 32.4. The Bertz CT molecular complexity index is 1130.